The summed E-state index contributed by atoms with van der Waals surface area (Å²) in [5, 5.41) is 0.728. The third-order valence-corrected chi connectivity index (χ3v) is 3.95. The molecule has 1 heterocycles. The van der Waals surface area contributed by atoms with E-state index in [-0.39, 0.29) is 6.04 Å². The van der Waals surface area contributed by atoms with Crippen LogP contribution >= 0.6 is 11.6 Å². The Kier molecular flexibility index (Phi) is 3.95. The summed E-state index contributed by atoms with van der Waals surface area (Å²) in [6.45, 7) is 2.86. The standard InChI is InChI=1S/C17H18ClN3/c1-2-14(19)11-21-16-6-4-3-5-15(16)20-17(21)12-7-9-13(18)10-8-12/h3-10,14H,2,11,19H2,1H3. The zero-order valence-electron chi connectivity index (χ0n) is 12.0. The molecule has 0 amide bonds. The molecule has 3 rings (SSSR count). The highest BCUT2D eigenvalue weighted by Gasteiger charge is 2.14. The fourth-order valence-electron chi connectivity index (χ4n) is 2.44. The molecular formula is C17H18ClN3. The van der Waals surface area contributed by atoms with Crippen molar-refractivity contribution in [3.8, 4) is 11.4 Å². The number of hydrogen-bond donors (Lipinski definition) is 1. The monoisotopic (exact) mass is 299 g/mol. The van der Waals surface area contributed by atoms with Crippen molar-refractivity contribution in [2.24, 2.45) is 5.73 Å². The molecule has 0 saturated heterocycles. The van der Waals surface area contributed by atoms with Gasteiger partial charge in [0.2, 0.25) is 0 Å². The predicted molar refractivity (Wildman–Crippen MR) is 88.4 cm³/mol. The molecule has 108 valence electrons. The average Bonchev–Trinajstić information content (AvgIpc) is 2.87. The summed E-state index contributed by atoms with van der Waals surface area (Å²) in [6, 6.07) is 16.0. The first kappa shape index (κ1) is 14.1. The molecule has 0 aliphatic heterocycles. The van der Waals surface area contributed by atoms with Crippen LogP contribution in [0.5, 0.6) is 0 Å². The molecule has 1 unspecified atom stereocenters. The van der Waals surface area contributed by atoms with Crippen LogP contribution in [0, 0.1) is 0 Å². The lowest BCUT2D eigenvalue weighted by molar-refractivity contribution is 0.551. The second-order valence-electron chi connectivity index (χ2n) is 5.21. The molecular weight excluding hydrogens is 282 g/mol. The number of fused-ring (bicyclic) bond motifs is 1. The van der Waals surface area contributed by atoms with Gasteiger partial charge >= 0.3 is 0 Å². The van der Waals surface area contributed by atoms with E-state index in [2.05, 4.69) is 17.6 Å². The topological polar surface area (TPSA) is 43.8 Å². The highest BCUT2D eigenvalue weighted by molar-refractivity contribution is 6.30. The van der Waals surface area contributed by atoms with Crippen LogP contribution in [0.4, 0.5) is 0 Å². The van der Waals surface area contributed by atoms with E-state index in [0.717, 1.165) is 40.4 Å². The molecule has 0 bridgehead atoms. The van der Waals surface area contributed by atoms with Gasteiger partial charge in [0.1, 0.15) is 5.82 Å². The van der Waals surface area contributed by atoms with Crippen molar-refractivity contribution in [1.29, 1.82) is 0 Å². The number of halogens is 1. The first-order valence-corrected chi connectivity index (χ1v) is 7.53. The highest BCUT2D eigenvalue weighted by Crippen LogP contribution is 2.26. The zero-order chi connectivity index (χ0) is 14.8. The van der Waals surface area contributed by atoms with Crippen LogP contribution in [0.25, 0.3) is 22.4 Å². The summed E-state index contributed by atoms with van der Waals surface area (Å²) < 4.78 is 2.20. The summed E-state index contributed by atoms with van der Waals surface area (Å²) >= 11 is 5.98. The molecule has 0 aliphatic rings. The van der Waals surface area contributed by atoms with Crippen molar-refractivity contribution in [2.75, 3.05) is 0 Å². The van der Waals surface area contributed by atoms with Gasteiger partial charge in [-0.2, -0.15) is 0 Å². The smallest absolute Gasteiger partial charge is 0.141 e. The third kappa shape index (κ3) is 2.80. The molecule has 1 aromatic heterocycles. The van der Waals surface area contributed by atoms with Gasteiger partial charge in [0.15, 0.2) is 0 Å². The Morgan fingerprint density at radius 2 is 1.86 bits per heavy atom. The number of nitrogens with zero attached hydrogens (tertiary/aromatic N) is 2. The van der Waals surface area contributed by atoms with Crippen LogP contribution in [-0.4, -0.2) is 15.6 Å². The first-order chi connectivity index (χ1) is 10.2. The van der Waals surface area contributed by atoms with E-state index in [9.17, 15) is 0 Å². The molecule has 0 fully saturated rings. The number of hydrogen-bond acceptors (Lipinski definition) is 2. The van der Waals surface area contributed by atoms with Crippen LogP contribution in [0.3, 0.4) is 0 Å². The van der Waals surface area contributed by atoms with Crippen molar-refractivity contribution in [3.05, 3.63) is 53.6 Å². The molecule has 0 saturated carbocycles. The molecule has 2 aromatic carbocycles. The van der Waals surface area contributed by atoms with Gasteiger partial charge in [0.05, 0.1) is 11.0 Å². The first-order valence-electron chi connectivity index (χ1n) is 7.16. The number of benzene rings is 2. The van der Waals surface area contributed by atoms with E-state index in [1.54, 1.807) is 0 Å². The van der Waals surface area contributed by atoms with Gasteiger partial charge in [0, 0.05) is 23.2 Å². The average molecular weight is 300 g/mol. The van der Waals surface area contributed by atoms with Crippen LogP contribution < -0.4 is 5.73 Å². The van der Waals surface area contributed by atoms with E-state index >= 15 is 0 Å². The maximum absolute atomic E-state index is 6.16. The normalized spacial score (nSPS) is 12.7. The minimum absolute atomic E-state index is 0.119. The predicted octanol–water partition coefficient (Wildman–Crippen LogP) is 4.09. The molecule has 2 N–H and O–H groups in total. The highest BCUT2D eigenvalue weighted by atomic mass is 35.5. The fraction of sp³-hybridized carbons (Fsp3) is 0.235. The molecule has 4 heteroatoms. The van der Waals surface area contributed by atoms with E-state index in [1.807, 2.05) is 42.5 Å². The molecule has 21 heavy (non-hydrogen) atoms. The van der Waals surface area contributed by atoms with Gasteiger partial charge in [0.25, 0.3) is 0 Å². The summed E-state index contributed by atoms with van der Waals surface area (Å²) in [6.07, 6.45) is 0.937. The SMILES string of the molecule is CCC(N)Cn1c(-c2ccc(Cl)cc2)nc2ccccc21. The summed E-state index contributed by atoms with van der Waals surface area (Å²) in [7, 11) is 0. The van der Waals surface area contributed by atoms with Crippen LogP contribution in [0.1, 0.15) is 13.3 Å². The van der Waals surface area contributed by atoms with E-state index in [1.165, 1.54) is 0 Å². The fourth-order valence-corrected chi connectivity index (χ4v) is 2.57. The molecule has 1 atom stereocenters. The quantitative estimate of drug-likeness (QED) is 0.788. The minimum atomic E-state index is 0.119. The number of nitrogens with two attached hydrogens (primary N) is 1. The van der Waals surface area contributed by atoms with Crippen molar-refractivity contribution < 1.29 is 0 Å². The van der Waals surface area contributed by atoms with Crippen LogP contribution in [0.2, 0.25) is 5.02 Å². The molecule has 3 nitrogen and oxygen atoms in total. The van der Waals surface area contributed by atoms with Crippen molar-refractivity contribution in [3.63, 3.8) is 0 Å². The van der Waals surface area contributed by atoms with Gasteiger partial charge in [-0.05, 0) is 42.8 Å². The second-order valence-corrected chi connectivity index (χ2v) is 5.65. The van der Waals surface area contributed by atoms with Gasteiger partial charge < -0.3 is 10.3 Å². The molecule has 0 radical (unpaired) electrons. The van der Waals surface area contributed by atoms with E-state index in [0.29, 0.717) is 0 Å². The summed E-state index contributed by atoms with van der Waals surface area (Å²) in [5.74, 6) is 0.941. The minimum Gasteiger partial charge on any atom is -0.326 e. The maximum atomic E-state index is 6.16. The Hall–Kier alpha value is -1.84. The molecule has 3 aromatic rings. The number of aromatic nitrogens is 2. The van der Waals surface area contributed by atoms with Crippen molar-refractivity contribution in [2.45, 2.75) is 25.9 Å². The Morgan fingerprint density at radius 1 is 1.14 bits per heavy atom. The van der Waals surface area contributed by atoms with Crippen molar-refractivity contribution >= 4 is 22.6 Å². The van der Waals surface area contributed by atoms with Gasteiger partial charge in [-0.3, -0.25) is 0 Å². The van der Waals surface area contributed by atoms with E-state index in [4.69, 9.17) is 22.3 Å². The number of imidazole rings is 1. The second kappa shape index (κ2) is 5.88. The molecule has 0 aliphatic carbocycles. The summed E-state index contributed by atoms with van der Waals surface area (Å²) in [4.78, 5) is 4.76. The Bertz CT molecular complexity index is 746. The van der Waals surface area contributed by atoms with Crippen LogP contribution in [-0.2, 0) is 6.54 Å². The Balaban J connectivity index is 2.16. The van der Waals surface area contributed by atoms with E-state index < -0.39 is 0 Å². The molecule has 0 spiro atoms. The van der Waals surface area contributed by atoms with Crippen molar-refractivity contribution in [1.82, 2.24) is 9.55 Å². The van der Waals surface area contributed by atoms with Gasteiger partial charge in [-0.25, -0.2) is 4.98 Å². The lowest BCUT2D eigenvalue weighted by atomic mass is 10.2. The maximum Gasteiger partial charge on any atom is 0.141 e. The lowest BCUT2D eigenvalue weighted by Crippen LogP contribution is -2.25. The van der Waals surface area contributed by atoms with Gasteiger partial charge in [-0.1, -0.05) is 30.7 Å². The van der Waals surface area contributed by atoms with Gasteiger partial charge in [-0.15, -0.1) is 0 Å². The lowest BCUT2D eigenvalue weighted by Gasteiger charge is -2.14. The number of para-hydroxylation sites is 2. The largest absolute Gasteiger partial charge is 0.326 e. The zero-order valence-corrected chi connectivity index (χ0v) is 12.7. The Morgan fingerprint density at radius 3 is 2.57 bits per heavy atom. The third-order valence-electron chi connectivity index (χ3n) is 3.70. The van der Waals surface area contributed by atoms with Crippen LogP contribution in [0.15, 0.2) is 48.5 Å². The Labute approximate surface area is 129 Å². The number of rotatable bonds is 4. The summed E-state index contributed by atoms with van der Waals surface area (Å²) in [5.41, 5.74) is 9.32.